The third kappa shape index (κ3) is 4.79. The standard InChI is InChI=1S/C19H28N2O3/c22-13-15-6-8-21(9-7-15)12-16-3-1-5-18(11-16)20-19(23)17-4-2-10-24-14-17/h1,3,5,11,15,17,22H,2,4,6-10,12-14H2,(H,20,23)/t17-/m0/s1. The average Bonchev–Trinajstić information content (AvgIpc) is 2.63. The number of nitrogens with one attached hydrogen (secondary N) is 1. The number of nitrogens with zero attached hydrogens (tertiary/aromatic N) is 1. The molecule has 0 aliphatic carbocycles. The van der Waals surface area contributed by atoms with Crippen LogP contribution in [-0.4, -0.2) is 48.8 Å². The number of hydrogen-bond acceptors (Lipinski definition) is 4. The van der Waals surface area contributed by atoms with Gasteiger partial charge in [-0.25, -0.2) is 0 Å². The molecule has 1 aromatic carbocycles. The van der Waals surface area contributed by atoms with Gasteiger partial charge in [0.25, 0.3) is 0 Å². The van der Waals surface area contributed by atoms with Crippen molar-refractivity contribution in [1.82, 2.24) is 4.90 Å². The minimum atomic E-state index is -0.0279. The Kier molecular flexibility index (Phi) is 6.24. The van der Waals surface area contributed by atoms with Crippen LogP contribution in [0.25, 0.3) is 0 Å². The summed E-state index contributed by atoms with van der Waals surface area (Å²) in [6.07, 6.45) is 4.00. The molecule has 1 amide bonds. The Morgan fingerprint density at radius 3 is 2.83 bits per heavy atom. The number of ether oxygens (including phenoxy) is 1. The van der Waals surface area contributed by atoms with Crippen LogP contribution in [0, 0.1) is 11.8 Å². The maximum atomic E-state index is 12.3. The van der Waals surface area contributed by atoms with E-state index in [0.717, 1.165) is 57.6 Å². The molecule has 24 heavy (non-hydrogen) atoms. The Hall–Kier alpha value is -1.43. The molecular formula is C19H28N2O3. The first kappa shape index (κ1) is 17.4. The van der Waals surface area contributed by atoms with Crippen LogP contribution in [0.2, 0.25) is 0 Å². The number of rotatable bonds is 5. The van der Waals surface area contributed by atoms with Crippen LogP contribution in [0.1, 0.15) is 31.2 Å². The smallest absolute Gasteiger partial charge is 0.229 e. The molecule has 0 aromatic heterocycles. The fourth-order valence-electron chi connectivity index (χ4n) is 3.52. The second kappa shape index (κ2) is 8.60. The lowest BCUT2D eigenvalue weighted by Crippen LogP contribution is -2.34. The van der Waals surface area contributed by atoms with E-state index in [1.54, 1.807) is 0 Å². The summed E-state index contributed by atoms with van der Waals surface area (Å²) in [4.78, 5) is 14.7. The predicted molar refractivity (Wildman–Crippen MR) is 93.7 cm³/mol. The van der Waals surface area contributed by atoms with Gasteiger partial charge in [0.1, 0.15) is 0 Å². The molecule has 2 heterocycles. The lowest BCUT2D eigenvalue weighted by atomic mass is 9.97. The number of piperidine rings is 1. The van der Waals surface area contributed by atoms with Crippen molar-refractivity contribution in [3.05, 3.63) is 29.8 Å². The van der Waals surface area contributed by atoms with Crippen LogP contribution in [-0.2, 0) is 16.1 Å². The number of amides is 1. The van der Waals surface area contributed by atoms with E-state index in [9.17, 15) is 9.90 Å². The number of hydrogen-bond donors (Lipinski definition) is 2. The molecule has 3 rings (SSSR count). The molecular weight excluding hydrogens is 304 g/mol. The van der Waals surface area contributed by atoms with Gasteiger partial charge in [-0.05, 0) is 62.4 Å². The first-order valence-electron chi connectivity index (χ1n) is 9.05. The zero-order valence-corrected chi connectivity index (χ0v) is 14.2. The fraction of sp³-hybridized carbons (Fsp3) is 0.632. The highest BCUT2D eigenvalue weighted by Gasteiger charge is 2.22. The Balaban J connectivity index is 1.53. The average molecular weight is 332 g/mol. The van der Waals surface area contributed by atoms with E-state index >= 15 is 0 Å². The normalized spacial score (nSPS) is 23.1. The Morgan fingerprint density at radius 2 is 2.12 bits per heavy atom. The van der Waals surface area contributed by atoms with E-state index < -0.39 is 0 Å². The highest BCUT2D eigenvalue weighted by Crippen LogP contribution is 2.21. The van der Waals surface area contributed by atoms with E-state index in [1.807, 2.05) is 12.1 Å². The van der Waals surface area contributed by atoms with Crippen LogP contribution in [0.3, 0.4) is 0 Å². The summed E-state index contributed by atoms with van der Waals surface area (Å²) in [6, 6.07) is 8.13. The third-order valence-corrected chi connectivity index (χ3v) is 5.10. The fourth-order valence-corrected chi connectivity index (χ4v) is 3.52. The van der Waals surface area contributed by atoms with Gasteiger partial charge in [-0.2, -0.15) is 0 Å². The Labute approximate surface area is 144 Å². The zero-order valence-electron chi connectivity index (χ0n) is 14.2. The number of carbonyl (C=O) groups is 1. The van der Waals surface area contributed by atoms with E-state index in [1.165, 1.54) is 5.56 Å². The van der Waals surface area contributed by atoms with Crippen LogP contribution in [0.5, 0.6) is 0 Å². The SMILES string of the molecule is O=C(Nc1cccc(CN2CCC(CO)CC2)c1)[C@H]1CCCOC1. The maximum Gasteiger partial charge on any atom is 0.229 e. The van der Waals surface area contributed by atoms with Gasteiger partial charge in [0.15, 0.2) is 0 Å². The highest BCUT2D eigenvalue weighted by molar-refractivity contribution is 5.92. The molecule has 2 aliphatic heterocycles. The van der Waals surface area contributed by atoms with Gasteiger partial charge in [-0.1, -0.05) is 12.1 Å². The summed E-state index contributed by atoms with van der Waals surface area (Å²) in [6.45, 7) is 4.56. The lowest BCUT2D eigenvalue weighted by molar-refractivity contribution is -0.123. The van der Waals surface area contributed by atoms with Gasteiger partial charge < -0.3 is 15.2 Å². The summed E-state index contributed by atoms with van der Waals surface area (Å²) in [5.74, 6) is 0.500. The monoisotopic (exact) mass is 332 g/mol. The van der Waals surface area contributed by atoms with Crippen molar-refractivity contribution in [2.75, 3.05) is 38.2 Å². The number of carbonyl (C=O) groups excluding carboxylic acids is 1. The zero-order chi connectivity index (χ0) is 16.8. The van der Waals surface area contributed by atoms with Crippen molar-refractivity contribution in [3.63, 3.8) is 0 Å². The van der Waals surface area contributed by atoms with Gasteiger partial charge >= 0.3 is 0 Å². The van der Waals surface area contributed by atoms with E-state index in [-0.39, 0.29) is 11.8 Å². The molecule has 0 unspecified atom stereocenters. The second-order valence-corrected chi connectivity index (χ2v) is 7.01. The Morgan fingerprint density at radius 1 is 1.29 bits per heavy atom. The first-order chi connectivity index (χ1) is 11.7. The van der Waals surface area contributed by atoms with Crippen LogP contribution in [0.15, 0.2) is 24.3 Å². The molecule has 5 heteroatoms. The number of anilines is 1. The largest absolute Gasteiger partial charge is 0.396 e. The molecule has 2 N–H and O–H groups in total. The van der Waals surface area contributed by atoms with Crippen molar-refractivity contribution < 1.29 is 14.6 Å². The van der Waals surface area contributed by atoms with E-state index in [2.05, 4.69) is 22.3 Å². The summed E-state index contributed by atoms with van der Waals surface area (Å²) < 4.78 is 5.40. The number of benzene rings is 1. The minimum Gasteiger partial charge on any atom is -0.396 e. The molecule has 0 bridgehead atoms. The van der Waals surface area contributed by atoms with E-state index in [0.29, 0.717) is 19.1 Å². The number of likely N-dealkylation sites (tertiary alicyclic amines) is 1. The molecule has 132 valence electrons. The quantitative estimate of drug-likeness (QED) is 0.868. The minimum absolute atomic E-state index is 0.0279. The lowest BCUT2D eigenvalue weighted by Gasteiger charge is -2.31. The summed E-state index contributed by atoms with van der Waals surface area (Å²) in [5, 5.41) is 12.3. The van der Waals surface area contributed by atoms with Crippen LogP contribution < -0.4 is 5.32 Å². The second-order valence-electron chi connectivity index (χ2n) is 7.01. The van der Waals surface area contributed by atoms with Crippen molar-refractivity contribution in [1.29, 1.82) is 0 Å². The summed E-state index contributed by atoms with van der Waals surface area (Å²) in [7, 11) is 0. The first-order valence-corrected chi connectivity index (χ1v) is 9.05. The molecule has 1 aromatic rings. The topological polar surface area (TPSA) is 61.8 Å². The number of aliphatic hydroxyl groups excluding tert-OH is 1. The van der Waals surface area contributed by atoms with Crippen molar-refractivity contribution in [2.24, 2.45) is 11.8 Å². The predicted octanol–water partition coefficient (Wildman–Crippen LogP) is 2.26. The van der Waals surface area contributed by atoms with Gasteiger partial charge in [-0.15, -0.1) is 0 Å². The van der Waals surface area contributed by atoms with Crippen LogP contribution in [0.4, 0.5) is 5.69 Å². The van der Waals surface area contributed by atoms with Crippen molar-refractivity contribution >= 4 is 11.6 Å². The molecule has 2 aliphatic rings. The highest BCUT2D eigenvalue weighted by atomic mass is 16.5. The molecule has 1 atom stereocenters. The van der Waals surface area contributed by atoms with Gasteiger partial charge in [-0.3, -0.25) is 9.69 Å². The van der Waals surface area contributed by atoms with Gasteiger partial charge in [0, 0.05) is 25.4 Å². The molecule has 5 nitrogen and oxygen atoms in total. The maximum absolute atomic E-state index is 12.3. The van der Waals surface area contributed by atoms with E-state index in [4.69, 9.17) is 4.74 Å². The molecule has 2 fully saturated rings. The molecule has 0 saturated carbocycles. The van der Waals surface area contributed by atoms with Crippen LogP contribution >= 0.6 is 0 Å². The molecule has 0 spiro atoms. The summed E-state index contributed by atoms with van der Waals surface area (Å²) >= 11 is 0. The van der Waals surface area contributed by atoms with Crippen molar-refractivity contribution in [3.8, 4) is 0 Å². The molecule has 2 saturated heterocycles. The molecule has 0 radical (unpaired) electrons. The van der Waals surface area contributed by atoms with Crippen molar-refractivity contribution in [2.45, 2.75) is 32.2 Å². The van der Waals surface area contributed by atoms with Gasteiger partial charge in [0.05, 0.1) is 12.5 Å². The Bertz CT molecular complexity index is 535. The van der Waals surface area contributed by atoms with Gasteiger partial charge in [0.2, 0.25) is 5.91 Å². The third-order valence-electron chi connectivity index (χ3n) is 5.10. The summed E-state index contributed by atoms with van der Waals surface area (Å²) in [5.41, 5.74) is 2.09. The number of aliphatic hydroxyl groups is 1.